The fraction of sp³-hybridized carbons (Fsp3) is 0.556. The van der Waals surface area contributed by atoms with Crippen LogP contribution >= 0.6 is 0 Å². The minimum atomic E-state index is -0.708. The lowest BCUT2D eigenvalue weighted by molar-refractivity contribution is -0.233. The number of nitrogens with one attached hydrogen (secondary N) is 1. The molecule has 0 aliphatic heterocycles. The summed E-state index contributed by atoms with van der Waals surface area (Å²) in [6.07, 6.45) is 8.84. The topological polar surface area (TPSA) is 75.6 Å². The largest absolute Gasteiger partial charge is 0.346 e. The molecule has 1 aromatic carbocycles. The maximum Gasteiger partial charge on any atom is 0.346 e. The first-order chi connectivity index (χ1) is 11.2. The molecular formula is C18H27NO4. The van der Waals surface area contributed by atoms with Crippen molar-refractivity contribution in [3.8, 4) is 0 Å². The summed E-state index contributed by atoms with van der Waals surface area (Å²) in [4.78, 5) is 26.4. The molecule has 0 aromatic heterocycles. The normalized spacial score (nSPS) is 10.3. The summed E-state index contributed by atoms with van der Waals surface area (Å²) >= 11 is 0. The summed E-state index contributed by atoms with van der Waals surface area (Å²) in [7, 11) is 0. The van der Waals surface area contributed by atoms with Crippen molar-refractivity contribution in [1.29, 1.82) is 0 Å². The van der Waals surface area contributed by atoms with Gasteiger partial charge in [-0.25, -0.2) is 4.79 Å². The van der Waals surface area contributed by atoms with Crippen LogP contribution in [0.25, 0.3) is 0 Å². The zero-order chi connectivity index (χ0) is 16.9. The Bertz CT molecular complexity index is 470. The Morgan fingerprint density at radius 3 is 2.22 bits per heavy atom. The molecule has 1 aromatic rings. The first-order valence-electron chi connectivity index (χ1n) is 8.38. The molecule has 0 aliphatic rings. The van der Waals surface area contributed by atoms with Gasteiger partial charge in [0.1, 0.15) is 0 Å². The van der Waals surface area contributed by atoms with E-state index in [0.29, 0.717) is 17.7 Å². The van der Waals surface area contributed by atoms with Crippen LogP contribution in [0, 0.1) is 0 Å². The van der Waals surface area contributed by atoms with Gasteiger partial charge in [0.05, 0.1) is 6.42 Å². The van der Waals surface area contributed by atoms with Gasteiger partial charge >= 0.3 is 5.97 Å². The number of rotatable bonds is 11. The van der Waals surface area contributed by atoms with E-state index in [1.165, 1.54) is 32.1 Å². The van der Waals surface area contributed by atoms with Crippen LogP contribution in [0.3, 0.4) is 0 Å². The van der Waals surface area contributed by atoms with Gasteiger partial charge in [0.25, 0.3) is 0 Å². The minimum absolute atomic E-state index is 0.00274. The molecule has 0 saturated heterocycles. The zero-order valence-corrected chi connectivity index (χ0v) is 13.8. The van der Waals surface area contributed by atoms with Crippen molar-refractivity contribution < 1.29 is 19.7 Å². The van der Waals surface area contributed by atoms with Gasteiger partial charge in [-0.3, -0.25) is 4.79 Å². The zero-order valence-electron chi connectivity index (χ0n) is 13.8. The van der Waals surface area contributed by atoms with E-state index in [0.717, 1.165) is 12.8 Å². The highest BCUT2D eigenvalue weighted by Crippen LogP contribution is 2.12. The van der Waals surface area contributed by atoms with Crippen molar-refractivity contribution in [2.24, 2.45) is 0 Å². The number of carbonyl (C=O) groups excluding carboxylic acids is 2. The van der Waals surface area contributed by atoms with Crippen molar-refractivity contribution in [1.82, 2.24) is 0 Å². The van der Waals surface area contributed by atoms with Crippen molar-refractivity contribution >= 4 is 17.6 Å². The summed E-state index contributed by atoms with van der Waals surface area (Å²) in [6, 6.07) is 6.92. The molecular weight excluding hydrogens is 294 g/mol. The summed E-state index contributed by atoms with van der Waals surface area (Å²) in [5, 5.41) is 11.1. The predicted octanol–water partition coefficient (Wildman–Crippen LogP) is 4.32. The molecule has 0 unspecified atom stereocenters. The number of carbonyl (C=O) groups is 2. The maximum atomic E-state index is 11.8. The summed E-state index contributed by atoms with van der Waals surface area (Å²) in [5.41, 5.74) is 1.42. The van der Waals surface area contributed by atoms with Gasteiger partial charge in [0.2, 0.25) is 5.91 Å². The SMILES string of the molecule is CCCCCCCCCC(=O)Nc1ccc(CC(=O)OO)cc1. The number of hydrogen-bond donors (Lipinski definition) is 2. The molecule has 5 heteroatoms. The van der Waals surface area contributed by atoms with Gasteiger partial charge in [-0.2, -0.15) is 5.26 Å². The minimum Gasteiger partial charge on any atom is -0.326 e. The molecule has 0 bridgehead atoms. The Labute approximate surface area is 138 Å². The Morgan fingerprint density at radius 2 is 1.61 bits per heavy atom. The molecule has 0 fully saturated rings. The predicted molar refractivity (Wildman–Crippen MR) is 90.1 cm³/mol. The van der Waals surface area contributed by atoms with Crippen molar-refractivity contribution in [2.45, 2.75) is 64.7 Å². The molecule has 1 rings (SSSR count). The van der Waals surface area contributed by atoms with Crippen LogP contribution in [0.4, 0.5) is 5.69 Å². The highest BCUT2D eigenvalue weighted by atomic mass is 17.1. The number of anilines is 1. The third-order valence-corrected chi connectivity index (χ3v) is 3.70. The molecule has 5 nitrogen and oxygen atoms in total. The van der Waals surface area contributed by atoms with E-state index >= 15 is 0 Å². The van der Waals surface area contributed by atoms with E-state index in [-0.39, 0.29) is 12.3 Å². The van der Waals surface area contributed by atoms with Crippen LogP contribution in [0.1, 0.15) is 63.9 Å². The van der Waals surface area contributed by atoms with Crippen LogP contribution in [-0.4, -0.2) is 17.1 Å². The molecule has 2 N–H and O–H groups in total. The molecule has 0 spiro atoms. The van der Waals surface area contributed by atoms with Crippen LogP contribution in [0.5, 0.6) is 0 Å². The number of unbranched alkanes of at least 4 members (excludes halogenated alkanes) is 6. The fourth-order valence-electron chi connectivity index (χ4n) is 2.37. The molecule has 0 saturated carbocycles. The average Bonchev–Trinajstić information content (AvgIpc) is 2.55. The quantitative estimate of drug-likeness (QED) is 0.361. The van der Waals surface area contributed by atoms with Gasteiger partial charge in [-0.1, -0.05) is 57.6 Å². The second-order valence-corrected chi connectivity index (χ2v) is 5.76. The molecule has 1 amide bonds. The van der Waals surface area contributed by atoms with E-state index in [1.54, 1.807) is 24.3 Å². The first-order valence-corrected chi connectivity index (χ1v) is 8.38. The second-order valence-electron chi connectivity index (χ2n) is 5.76. The summed E-state index contributed by atoms with van der Waals surface area (Å²) < 4.78 is 0. The summed E-state index contributed by atoms with van der Waals surface area (Å²) in [5.74, 6) is -0.693. The fourth-order valence-corrected chi connectivity index (χ4v) is 2.37. The van der Waals surface area contributed by atoms with Crippen LogP contribution in [0.2, 0.25) is 0 Å². The van der Waals surface area contributed by atoms with E-state index < -0.39 is 5.97 Å². The Balaban J connectivity index is 2.20. The monoisotopic (exact) mass is 321 g/mol. The van der Waals surface area contributed by atoms with Crippen LogP contribution < -0.4 is 5.32 Å². The molecule has 0 atom stereocenters. The van der Waals surface area contributed by atoms with E-state index in [1.807, 2.05) is 0 Å². The average molecular weight is 321 g/mol. The lowest BCUT2D eigenvalue weighted by Gasteiger charge is -2.06. The lowest BCUT2D eigenvalue weighted by Crippen LogP contribution is -2.11. The van der Waals surface area contributed by atoms with Gasteiger partial charge in [0.15, 0.2) is 0 Å². The number of hydrogen-bond acceptors (Lipinski definition) is 4. The van der Waals surface area contributed by atoms with Gasteiger partial charge in [-0.15, -0.1) is 0 Å². The Morgan fingerprint density at radius 1 is 1.00 bits per heavy atom. The van der Waals surface area contributed by atoms with Gasteiger partial charge < -0.3 is 10.2 Å². The van der Waals surface area contributed by atoms with E-state index in [2.05, 4.69) is 17.1 Å². The maximum absolute atomic E-state index is 11.8. The second kappa shape index (κ2) is 11.7. The van der Waals surface area contributed by atoms with Crippen molar-refractivity contribution in [3.05, 3.63) is 29.8 Å². The van der Waals surface area contributed by atoms with Crippen LogP contribution in [-0.2, 0) is 20.9 Å². The molecule has 0 heterocycles. The third kappa shape index (κ3) is 8.98. The highest BCUT2D eigenvalue weighted by molar-refractivity contribution is 5.90. The van der Waals surface area contributed by atoms with Crippen molar-refractivity contribution in [2.75, 3.05) is 5.32 Å². The van der Waals surface area contributed by atoms with E-state index in [4.69, 9.17) is 5.26 Å². The molecule has 23 heavy (non-hydrogen) atoms. The molecule has 128 valence electrons. The van der Waals surface area contributed by atoms with Crippen LogP contribution in [0.15, 0.2) is 24.3 Å². The van der Waals surface area contributed by atoms with Gasteiger partial charge in [0, 0.05) is 12.1 Å². The molecule has 0 aliphatic carbocycles. The number of amides is 1. The standard InChI is InChI=1S/C18H27NO4/c1-2-3-4-5-6-7-8-9-17(20)19-16-12-10-15(11-13-16)14-18(21)23-22/h10-13,22H,2-9,14H2,1H3,(H,19,20). The van der Waals surface area contributed by atoms with Crippen molar-refractivity contribution in [3.63, 3.8) is 0 Å². The first kappa shape index (κ1) is 19.2. The van der Waals surface area contributed by atoms with Gasteiger partial charge in [-0.05, 0) is 24.1 Å². The Hall–Kier alpha value is -1.88. The smallest absolute Gasteiger partial charge is 0.326 e. The lowest BCUT2D eigenvalue weighted by atomic mass is 10.1. The highest BCUT2D eigenvalue weighted by Gasteiger charge is 2.06. The number of benzene rings is 1. The van der Waals surface area contributed by atoms with E-state index in [9.17, 15) is 9.59 Å². The summed E-state index contributed by atoms with van der Waals surface area (Å²) in [6.45, 7) is 2.20. The third-order valence-electron chi connectivity index (χ3n) is 3.70. The Kier molecular flexibility index (Phi) is 9.71. The molecule has 0 radical (unpaired) electrons.